The third kappa shape index (κ3) is 3.59. The van der Waals surface area contributed by atoms with Crippen LogP contribution in [0.25, 0.3) is 0 Å². The lowest BCUT2D eigenvalue weighted by Crippen LogP contribution is -2.34. The molecule has 1 aromatic rings. The number of hydrogen-bond donors (Lipinski definition) is 1. The number of carbonyl (C=O) groups is 2. The summed E-state index contributed by atoms with van der Waals surface area (Å²) in [4.78, 5) is 27.5. The number of ether oxygens (including phenoxy) is 1. The average molecular weight is 303 g/mol. The van der Waals surface area contributed by atoms with E-state index in [-0.39, 0.29) is 17.8 Å². The molecule has 1 aromatic heterocycles. The van der Waals surface area contributed by atoms with Crippen LogP contribution >= 0.6 is 15.9 Å². The number of methoxy groups -OCH3 is 1. The van der Waals surface area contributed by atoms with Gasteiger partial charge in [-0.1, -0.05) is 6.92 Å². The summed E-state index contributed by atoms with van der Waals surface area (Å²) in [5.74, 6) is -0.823. The Morgan fingerprint density at radius 3 is 2.71 bits per heavy atom. The van der Waals surface area contributed by atoms with Crippen LogP contribution in [0.1, 0.15) is 17.4 Å². The molecule has 0 aliphatic carbocycles. The van der Waals surface area contributed by atoms with E-state index in [1.165, 1.54) is 12.0 Å². The summed E-state index contributed by atoms with van der Waals surface area (Å²) in [6.45, 7) is 2.04. The molecule has 0 fully saturated rings. The molecule has 0 aliphatic heterocycles. The number of H-pyrrole nitrogens is 1. The number of aromatic amines is 1. The first-order chi connectivity index (χ1) is 7.95. The summed E-state index contributed by atoms with van der Waals surface area (Å²) in [5, 5.41) is 0. The van der Waals surface area contributed by atoms with Crippen LogP contribution in [0.4, 0.5) is 0 Å². The van der Waals surface area contributed by atoms with Gasteiger partial charge in [0.25, 0.3) is 5.91 Å². The van der Waals surface area contributed by atoms with Crippen LogP contribution in [-0.4, -0.2) is 42.5 Å². The van der Waals surface area contributed by atoms with Gasteiger partial charge < -0.3 is 14.6 Å². The molecule has 94 valence electrons. The Morgan fingerprint density at radius 1 is 1.59 bits per heavy atom. The summed E-state index contributed by atoms with van der Waals surface area (Å²) >= 11 is 3.26. The molecule has 1 N–H and O–H groups in total. The van der Waals surface area contributed by atoms with Gasteiger partial charge in [-0.2, -0.15) is 0 Å². The predicted molar refractivity (Wildman–Crippen MR) is 66.6 cm³/mol. The van der Waals surface area contributed by atoms with Crippen molar-refractivity contribution < 1.29 is 14.3 Å². The van der Waals surface area contributed by atoms with Crippen LogP contribution in [0.2, 0.25) is 0 Å². The number of esters is 1. The first-order valence-corrected chi connectivity index (χ1v) is 5.92. The molecule has 6 heteroatoms. The van der Waals surface area contributed by atoms with E-state index in [1.807, 2.05) is 0 Å². The fraction of sp³-hybridized carbons (Fsp3) is 0.455. The van der Waals surface area contributed by atoms with E-state index in [2.05, 4.69) is 25.7 Å². The smallest absolute Gasteiger partial charge is 0.310 e. The second-order valence-corrected chi connectivity index (χ2v) is 4.76. The molecule has 0 radical (unpaired) electrons. The monoisotopic (exact) mass is 302 g/mol. The topological polar surface area (TPSA) is 62.4 Å². The van der Waals surface area contributed by atoms with Gasteiger partial charge in [-0.3, -0.25) is 9.59 Å². The Balaban J connectivity index is 2.62. The van der Waals surface area contributed by atoms with Crippen molar-refractivity contribution in [3.63, 3.8) is 0 Å². The minimum absolute atomic E-state index is 0.161. The minimum Gasteiger partial charge on any atom is -0.469 e. The number of hydrogen-bond acceptors (Lipinski definition) is 3. The first kappa shape index (κ1) is 13.8. The SMILES string of the molecule is COC(=O)C(C)CN(C)C(=O)c1cc(Br)c[nH]1. The summed E-state index contributed by atoms with van der Waals surface area (Å²) in [6, 6.07) is 1.70. The van der Waals surface area contributed by atoms with Gasteiger partial charge in [-0.15, -0.1) is 0 Å². The summed E-state index contributed by atoms with van der Waals surface area (Å²) in [7, 11) is 2.99. The summed E-state index contributed by atoms with van der Waals surface area (Å²) < 4.78 is 5.43. The number of halogens is 1. The molecule has 0 bridgehead atoms. The van der Waals surface area contributed by atoms with Gasteiger partial charge in [0.2, 0.25) is 0 Å². The van der Waals surface area contributed by atoms with Crippen molar-refractivity contribution >= 4 is 27.8 Å². The fourth-order valence-electron chi connectivity index (χ4n) is 1.47. The van der Waals surface area contributed by atoms with E-state index < -0.39 is 0 Å². The fourth-order valence-corrected chi connectivity index (χ4v) is 1.81. The van der Waals surface area contributed by atoms with Crippen LogP contribution in [0.3, 0.4) is 0 Å². The van der Waals surface area contributed by atoms with Gasteiger partial charge in [0.1, 0.15) is 5.69 Å². The highest BCUT2D eigenvalue weighted by molar-refractivity contribution is 9.10. The zero-order valence-corrected chi connectivity index (χ0v) is 11.6. The highest BCUT2D eigenvalue weighted by Crippen LogP contribution is 2.12. The van der Waals surface area contributed by atoms with E-state index in [0.29, 0.717) is 12.2 Å². The van der Waals surface area contributed by atoms with E-state index in [0.717, 1.165) is 4.47 Å². The van der Waals surface area contributed by atoms with Gasteiger partial charge >= 0.3 is 5.97 Å². The van der Waals surface area contributed by atoms with E-state index in [9.17, 15) is 9.59 Å². The van der Waals surface area contributed by atoms with E-state index in [1.54, 1.807) is 26.2 Å². The third-order valence-corrected chi connectivity index (χ3v) is 2.83. The standard InChI is InChI=1S/C11H15BrN2O3/c1-7(11(16)17-3)6-14(2)10(15)9-4-8(12)5-13-9/h4-5,7,13H,6H2,1-3H3. The van der Waals surface area contributed by atoms with Crippen LogP contribution in [0.5, 0.6) is 0 Å². The Hall–Kier alpha value is -1.30. The van der Waals surface area contributed by atoms with E-state index in [4.69, 9.17) is 0 Å². The Morgan fingerprint density at radius 2 is 2.24 bits per heavy atom. The molecule has 0 saturated carbocycles. The molecule has 0 saturated heterocycles. The summed E-state index contributed by atoms with van der Waals surface area (Å²) in [6.07, 6.45) is 1.69. The molecular formula is C11H15BrN2O3. The molecular weight excluding hydrogens is 288 g/mol. The molecule has 1 atom stereocenters. The number of aromatic nitrogens is 1. The van der Waals surface area contributed by atoms with Crippen molar-refractivity contribution in [3.8, 4) is 0 Å². The molecule has 1 heterocycles. The maximum absolute atomic E-state index is 11.9. The van der Waals surface area contributed by atoms with Crippen molar-refractivity contribution in [2.24, 2.45) is 5.92 Å². The number of carbonyl (C=O) groups excluding carboxylic acids is 2. The molecule has 5 nitrogen and oxygen atoms in total. The first-order valence-electron chi connectivity index (χ1n) is 5.13. The molecule has 17 heavy (non-hydrogen) atoms. The number of amides is 1. The molecule has 0 aliphatic rings. The van der Waals surface area contributed by atoms with Gasteiger partial charge in [-0.25, -0.2) is 0 Å². The van der Waals surface area contributed by atoms with Gasteiger partial charge in [0, 0.05) is 24.3 Å². The lowest BCUT2D eigenvalue weighted by Gasteiger charge is -2.19. The van der Waals surface area contributed by atoms with Crippen LogP contribution in [0, 0.1) is 5.92 Å². The Bertz CT molecular complexity index is 417. The molecule has 1 rings (SSSR count). The van der Waals surface area contributed by atoms with Crippen molar-refractivity contribution in [3.05, 3.63) is 22.4 Å². The van der Waals surface area contributed by atoms with Crippen LogP contribution in [0.15, 0.2) is 16.7 Å². The second-order valence-electron chi connectivity index (χ2n) is 3.84. The Kier molecular flexibility index (Phi) is 4.74. The highest BCUT2D eigenvalue weighted by atomic mass is 79.9. The van der Waals surface area contributed by atoms with Crippen molar-refractivity contribution in [1.29, 1.82) is 0 Å². The van der Waals surface area contributed by atoms with Gasteiger partial charge in [-0.05, 0) is 22.0 Å². The van der Waals surface area contributed by atoms with Crippen LogP contribution in [-0.2, 0) is 9.53 Å². The van der Waals surface area contributed by atoms with Crippen molar-refractivity contribution in [2.75, 3.05) is 20.7 Å². The maximum Gasteiger partial charge on any atom is 0.310 e. The normalized spacial score (nSPS) is 12.0. The van der Waals surface area contributed by atoms with Crippen molar-refractivity contribution in [1.82, 2.24) is 9.88 Å². The van der Waals surface area contributed by atoms with Gasteiger partial charge in [0.15, 0.2) is 0 Å². The summed E-state index contributed by atoms with van der Waals surface area (Å²) in [5.41, 5.74) is 0.483. The number of rotatable bonds is 4. The molecule has 0 spiro atoms. The highest BCUT2D eigenvalue weighted by Gasteiger charge is 2.20. The maximum atomic E-state index is 11.9. The molecule has 1 unspecified atom stereocenters. The molecule has 0 aromatic carbocycles. The van der Waals surface area contributed by atoms with E-state index >= 15 is 0 Å². The second kappa shape index (κ2) is 5.86. The largest absolute Gasteiger partial charge is 0.469 e. The van der Waals surface area contributed by atoms with Crippen LogP contribution < -0.4 is 0 Å². The number of nitrogens with one attached hydrogen (secondary N) is 1. The lowest BCUT2D eigenvalue weighted by atomic mass is 10.1. The zero-order chi connectivity index (χ0) is 13.0. The lowest BCUT2D eigenvalue weighted by molar-refractivity contribution is -0.145. The molecule has 1 amide bonds. The minimum atomic E-state index is -0.340. The Labute approximate surface area is 108 Å². The van der Waals surface area contributed by atoms with Gasteiger partial charge in [0.05, 0.1) is 13.0 Å². The van der Waals surface area contributed by atoms with Crippen molar-refractivity contribution in [2.45, 2.75) is 6.92 Å². The third-order valence-electron chi connectivity index (χ3n) is 2.38. The quantitative estimate of drug-likeness (QED) is 0.861. The number of nitrogens with zero attached hydrogens (tertiary/aromatic N) is 1. The average Bonchev–Trinajstić information content (AvgIpc) is 2.73. The zero-order valence-electron chi connectivity index (χ0n) is 9.99. The predicted octanol–water partition coefficient (Wildman–Crippen LogP) is 1.66.